The zero-order chi connectivity index (χ0) is 15.4. The molecule has 2 unspecified atom stereocenters. The van der Waals surface area contributed by atoms with Gasteiger partial charge in [-0.15, -0.1) is 0 Å². The first kappa shape index (κ1) is 15.8. The Morgan fingerprint density at radius 2 is 2.10 bits per heavy atom. The highest BCUT2D eigenvalue weighted by Gasteiger charge is 2.22. The fourth-order valence-electron chi connectivity index (χ4n) is 2.61. The summed E-state index contributed by atoms with van der Waals surface area (Å²) in [7, 11) is 0. The molecule has 0 radical (unpaired) electrons. The van der Waals surface area contributed by atoms with Crippen LogP contribution in [0.15, 0.2) is 24.3 Å². The first-order valence-electron chi connectivity index (χ1n) is 7.80. The fourth-order valence-corrected chi connectivity index (χ4v) is 2.61. The largest absolute Gasteiger partial charge is 0.388 e. The monoisotopic (exact) mass is 290 g/mol. The lowest BCUT2D eigenvalue weighted by Crippen LogP contribution is -2.43. The Bertz CT molecular complexity index is 487. The van der Waals surface area contributed by atoms with E-state index in [2.05, 4.69) is 24.1 Å². The Labute approximate surface area is 127 Å². The Morgan fingerprint density at radius 1 is 1.38 bits per heavy atom. The number of anilines is 1. The molecule has 1 aliphatic rings. The van der Waals surface area contributed by atoms with Gasteiger partial charge in [0, 0.05) is 23.8 Å². The van der Waals surface area contributed by atoms with Crippen molar-refractivity contribution in [1.29, 1.82) is 0 Å². The maximum Gasteiger partial charge on any atom is 0.239 e. The third kappa shape index (κ3) is 3.97. The summed E-state index contributed by atoms with van der Waals surface area (Å²) in [5, 5.41) is 13.2. The summed E-state index contributed by atoms with van der Waals surface area (Å²) >= 11 is 0. The van der Waals surface area contributed by atoms with Gasteiger partial charge in [-0.3, -0.25) is 4.79 Å². The lowest BCUT2D eigenvalue weighted by molar-refractivity contribution is -0.120. The summed E-state index contributed by atoms with van der Waals surface area (Å²) < 4.78 is 0. The summed E-state index contributed by atoms with van der Waals surface area (Å²) in [6.07, 6.45) is 1.21. The summed E-state index contributed by atoms with van der Waals surface area (Å²) in [4.78, 5) is 14.3. The second-order valence-corrected chi connectivity index (χ2v) is 6.24. The van der Waals surface area contributed by atoms with Crippen molar-refractivity contribution in [2.75, 3.05) is 18.0 Å². The minimum absolute atomic E-state index is 0.0439. The van der Waals surface area contributed by atoms with E-state index >= 15 is 0 Å². The van der Waals surface area contributed by atoms with Crippen LogP contribution in [0.3, 0.4) is 0 Å². The van der Waals surface area contributed by atoms with Gasteiger partial charge in [0.2, 0.25) is 5.91 Å². The number of aliphatic hydroxyl groups is 1. The van der Waals surface area contributed by atoms with Crippen LogP contribution in [0.2, 0.25) is 0 Å². The quantitative estimate of drug-likeness (QED) is 0.895. The van der Waals surface area contributed by atoms with Gasteiger partial charge in [-0.25, -0.2) is 0 Å². The van der Waals surface area contributed by atoms with Crippen molar-refractivity contribution in [2.45, 2.75) is 45.8 Å². The predicted molar refractivity (Wildman–Crippen MR) is 85.3 cm³/mol. The van der Waals surface area contributed by atoms with Crippen LogP contribution < -0.4 is 10.2 Å². The molecule has 0 fully saturated rings. The third-order valence-corrected chi connectivity index (χ3v) is 4.27. The van der Waals surface area contributed by atoms with E-state index in [1.54, 1.807) is 0 Å². The number of carbonyl (C=O) groups is 1. The molecule has 116 valence electrons. The molecule has 2 N–H and O–H groups in total. The second-order valence-electron chi connectivity index (χ2n) is 6.24. The van der Waals surface area contributed by atoms with Crippen molar-refractivity contribution in [3.63, 3.8) is 0 Å². The van der Waals surface area contributed by atoms with Crippen LogP contribution >= 0.6 is 0 Å². The van der Waals surface area contributed by atoms with Gasteiger partial charge >= 0.3 is 0 Å². The van der Waals surface area contributed by atoms with Crippen molar-refractivity contribution < 1.29 is 9.90 Å². The van der Waals surface area contributed by atoms with E-state index in [4.69, 9.17) is 0 Å². The summed E-state index contributed by atoms with van der Waals surface area (Å²) in [6.45, 7) is 7.38. The Balaban J connectivity index is 2.09. The smallest absolute Gasteiger partial charge is 0.239 e. The summed E-state index contributed by atoms with van der Waals surface area (Å²) in [6, 6.07) is 8.01. The van der Waals surface area contributed by atoms with Gasteiger partial charge in [0.05, 0.1) is 12.6 Å². The first-order chi connectivity index (χ1) is 9.99. The van der Waals surface area contributed by atoms with Crippen LogP contribution in [0, 0.1) is 5.92 Å². The molecule has 4 nitrogen and oxygen atoms in total. The van der Waals surface area contributed by atoms with Crippen LogP contribution in [0.5, 0.6) is 0 Å². The number of nitrogens with one attached hydrogen (secondary N) is 1. The van der Waals surface area contributed by atoms with Crippen molar-refractivity contribution in [1.82, 2.24) is 5.32 Å². The Hall–Kier alpha value is -1.55. The van der Waals surface area contributed by atoms with Gasteiger partial charge in [-0.1, -0.05) is 32.0 Å². The fraction of sp³-hybridized carbons (Fsp3) is 0.588. The number of benzene rings is 1. The average Bonchev–Trinajstić information content (AvgIpc) is 2.59. The number of hydrogen-bond donors (Lipinski definition) is 2. The van der Waals surface area contributed by atoms with Gasteiger partial charge in [0.25, 0.3) is 0 Å². The Morgan fingerprint density at radius 3 is 2.81 bits per heavy atom. The highest BCUT2D eigenvalue weighted by Crippen LogP contribution is 2.32. The molecular formula is C17H26N2O2. The zero-order valence-electron chi connectivity index (χ0n) is 13.2. The second kappa shape index (κ2) is 6.94. The number of para-hydroxylation sites is 1. The molecule has 1 aromatic rings. The van der Waals surface area contributed by atoms with E-state index in [0.29, 0.717) is 12.5 Å². The van der Waals surface area contributed by atoms with E-state index in [9.17, 15) is 9.90 Å². The molecular weight excluding hydrogens is 264 g/mol. The Kier molecular flexibility index (Phi) is 5.23. The first-order valence-corrected chi connectivity index (χ1v) is 7.80. The lowest BCUT2D eigenvalue weighted by Gasteiger charge is -2.26. The van der Waals surface area contributed by atoms with Gasteiger partial charge < -0.3 is 15.3 Å². The maximum atomic E-state index is 12.2. The summed E-state index contributed by atoms with van der Waals surface area (Å²) in [5.41, 5.74) is 1.91. The third-order valence-electron chi connectivity index (χ3n) is 4.27. The van der Waals surface area contributed by atoms with E-state index in [1.165, 1.54) is 0 Å². The number of hydrogen-bond acceptors (Lipinski definition) is 3. The molecule has 0 saturated heterocycles. The van der Waals surface area contributed by atoms with Crippen molar-refractivity contribution in [3.8, 4) is 0 Å². The molecule has 1 aromatic carbocycles. The highest BCUT2D eigenvalue weighted by molar-refractivity contribution is 5.82. The zero-order valence-corrected chi connectivity index (χ0v) is 13.2. The van der Waals surface area contributed by atoms with E-state index in [0.717, 1.165) is 30.6 Å². The maximum absolute atomic E-state index is 12.2. The molecule has 0 saturated carbocycles. The highest BCUT2D eigenvalue weighted by atomic mass is 16.3. The SMILES string of the molecule is CC(C)C(C)NC(=O)CN1CCCC(O)c2ccccc21. The van der Waals surface area contributed by atoms with Crippen molar-refractivity contribution in [3.05, 3.63) is 29.8 Å². The minimum atomic E-state index is -0.427. The van der Waals surface area contributed by atoms with Gasteiger partial charge in [-0.2, -0.15) is 0 Å². The normalized spacial score (nSPS) is 19.9. The number of fused-ring (bicyclic) bond motifs is 1. The van der Waals surface area contributed by atoms with Crippen LogP contribution in [0.4, 0.5) is 5.69 Å². The van der Waals surface area contributed by atoms with E-state index in [-0.39, 0.29) is 11.9 Å². The molecule has 0 aromatic heterocycles. The molecule has 21 heavy (non-hydrogen) atoms. The van der Waals surface area contributed by atoms with Gasteiger partial charge in [0.1, 0.15) is 0 Å². The molecule has 0 bridgehead atoms. The number of aliphatic hydroxyl groups excluding tert-OH is 1. The molecule has 4 heteroatoms. The van der Waals surface area contributed by atoms with Gasteiger partial charge in [-0.05, 0) is 31.7 Å². The van der Waals surface area contributed by atoms with E-state index < -0.39 is 6.10 Å². The van der Waals surface area contributed by atoms with Crippen LogP contribution in [0.25, 0.3) is 0 Å². The van der Waals surface area contributed by atoms with Gasteiger partial charge in [0.15, 0.2) is 0 Å². The molecule has 2 atom stereocenters. The molecule has 2 rings (SSSR count). The molecule has 0 aliphatic carbocycles. The lowest BCUT2D eigenvalue weighted by atomic mass is 10.0. The number of nitrogens with zero attached hydrogens (tertiary/aromatic N) is 1. The molecule has 1 heterocycles. The predicted octanol–water partition coefficient (Wildman–Crippen LogP) is 2.48. The molecule has 0 spiro atoms. The average molecular weight is 290 g/mol. The van der Waals surface area contributed by atoms with Crippen LogP contribution in [0.1, 0.15) is 45.3 Å². The number of carbonyl (C=O) groups excluding carboxylic acids is 1. The summed E-state index contributed by atoms with van der Waals surface area (Å²) in [5.74, 6) is 0.467. The molecule has 1 amide bonds. The van der Waals surface area contributed by atoms with Crippen molar-refractivity contribution in [2.24, 2.45) is 5.92 Å². The minimum Gasteiger partial charge on any atom is -0.388 e. The van der Waals surface area contributed by atoms with Crippen LogP contribution in [-0.2, 0) is 4.79 Å². The standard InChI is InChI=1S/C17H26N2O2/c1-12(2)13(3)18-17(21)11-19-10-6-9-16(20)14-7-4-5-8-15(14)19/h4-5,7-8,12-13,16,20H,6,9-11H2,1-3H3,(H,18,21). The molecule has 1 aliphatic heterocycles. The topological polar surface area (TPSA) is 52.6 Å². The van der Waals surface area contributed by atoms with Crippen molar-refractivity contribution >= 4 is 11.6 Å². The number of amides is 1. The van der Waals surface area contributed by atoms with Crippen LogP contribution in [-0.4, -0.2) is 30.1 Å². The van der Waals surface area contributed by atoms with E-state index in [1.807, 2.05) is 31.2 Å². The number of rotatable bonds is 4.